The second kappa shape index (κ2) is 6.00. The lowest BCUT2D eigenvalue weighted by Crippen LogP contribution is -2.45. The molecule has 0 bridgehead atoms. The molecule has 0 radical (unpaired) electrons. The van der Waals surface area contributed by atoms with Crippen molar-refractivity contribution >= 4 is 16.8 Å². The van der Waals surface area contributed by atoms with E-state index in [0.717, 1.165) is 36.7 Å². The van der Waals surface area contributed by atoms with Gasteiger partial charge in [-0.2, -0.15) is 0 Å². The van der Waals surface area contributed by atoms with Crippen LogP contribution >= 0.6 is 0 Å². The minimum Gasteiger partial charge on any atom is -0.464 e. The van der Waals surface area contributed by atoms with Crippen LogP contribution in [-0.4, -0.2) is 41.5 Å². The zero-order valence-corrected chi connectivity index (χ0v) is 12.3. The van der Waals surface area contributed by atoms with Crippen LogP contribution in [-0.2, 0) is 0 Å². The first kappa shape index (κ1) is 14.3. The van der Waals surface area contributed by atoms with Crippen molar-refractivity contribution in [1.29, 1.82) is 0 Å². The average Bonchev–Trinajstić information content (AvgIpc) is 2.91. The molecule has 1 aliphatic rings. The fourth-order valence-corrected chi connectivity index (χ4v) is 3.23. The first-order valence-electron chi connectivity index (χ1n) is 7.54. The smallest absolute Gasteiger partial charge is 0.180 e. The first-order valence-corrected chi connectivity index (χ1v) is 7.54. The third-order valence-corrected chi connectivity index (χ3v) is 4.43. The molecule has 4 nitrogen and oxygen atoms in total. The molecule has 0 amide bonds. The summed E-state index contributed by atoms with van der Waals surface area (Å²) in [6, 6.07) is 7.65. The number of hydrogen-bond donors (Lipinski definition) is 1. The van der Waals surface area contributed by atoms with Crippen LogP contribution in [0.2, 0.25) is 0 Å². The van der Waals surface area contributed by atoms with E-state index in [-0.39, 0.29) is 17.9 Å². The van der Waals surface area contributed by atoms with Gasteiger partial charge in [0.05, 0.1) is 18.2 Å². The summed E-state index contributed by atoms with van der Waals surface area (Å²) >= 11 is 0. The highest BCUT2D eigenvalue weighted by Crippen LogP contribution is 2.24. The summed E-state index contributed by atoms with van der Waals surface area (Å²) < 4.78 is 5.43. The second-order valence-electron chi connectivity index (χ2n) is 5.90. The van der Waals surface area contributed by atoms with Crippen molar-refractivity contribution in [2.75, 3.05) is 13.6 Å². The molecule has 2 atom stereocenters. The Kier molecular flexibility index (Phi) is 4.08. The van der Waals surface area contributed by atoms with E-state index in [1.807, 2.05) is 36.2 Å². The normalized spacial score (nSPS) is 22.8. The van der Waals surface area contributed by atoms with Crippen LogP contribution in [0.1, 0.15) is 36.0 Å². The summed E-state index contributed by atoms with van der Waals surface area (Å²) in [6.45, 7) is 0.311. The molecular weight excluding hydrogens is 266 g/mol. The number of aliphatic hydroxyl groups is 1. The van der Waals surface area contributed by atoms with Crippen molar-refractivity contribution < 1.29 is 14.3 Å². The van der Waals surface area contributed by atoms with E-state index < -0.39 is 0 Å². The summed E-state index contributed by atoms with van der Waals surface area (Å²) in [5, 5.41) is 10.9. The summed E-state index contributed by atoms with van der Waals surface area (Å²) in [5.74, 6) is 0.0419. The second-order valence-corrected chi connectivity index (χ2v) is 5.90. The van der Waals surface area contributed by atoms with E-state index in [9.17, 15) is 9.90 Å². The van der Waals surface area contributed by atoms with Crippen LogP contribution in [0, 0.1) is 0 Å². The van der Waals surface area contributed by atoms with Crippen LogP contribution in [0.5, 0.6) is 0 Å². The van der Waals surface area contributed by atoms with Crippen molar-refractivity contribution in [2.45, 2.75) is 37.8 Å². The molecule has 0 aliphatic heterocycles. The number of nitrogens with zero attached hydrogens (tertiary/aromatic N) is 1. The minimum atomic E-state index is -0.322. The van der Waals surface area contributed by atoms with Gasteiger partial charge in [-0.3, -0.25) is 9.69 Å². The number of carbonyl (C=O) groups is 1. The number of fused-ring (bicyclic) bond motifs is 1. The largest absolute Gasteiger partial charge is 0.464 e. The Hall–Kier alpha value is -1.65. The van der Waals surface area contributed by atoms with Crippen LogP contribution in [0.25, 0.3) is 11.0 Å². The van der Waals surface area contributed by atoms with Gasteiger partial charge in [0.1, 0.15) is 11.8 Å². The lowest BCUT2D eigenvalue weighted by molar-refractivity contribution is 0.0322. The lowest BCUT2D eigenvalue weighted by Gasteiger charge is -2.34. The number of likely N-dealkylation sites (N-methyl/N-ethyl adjacent to an activating group) is 1. The van der Waals surface area contributed by atoms with Crippen molar-refractivity contribution in [3.05, 3.63) is 36.1 Å². The third kappa shape index (κ3) is 2.87. The van der Waals surface area contributed by atoms with Crippen LogP contribution in [0.4, 0.5) is 0 Å². The van der Waals surface area contributed by atoms with E-state index in [1.54, 1.807) is 0 Å². The molecule has 112 valence electrons. The highest BCUT2D eigenvalue weighted by atomic mass is 16.3. The molecule has 2 aromatic rings. The number of para-hydroxylation sites is 1. The number of ketones is 1. The number of hydrogen-bond acceptors (Lipinski definition) is 4. The number of carbonyl (C=O) groups excluding carboxylic acids is 1. The van der Waals surface area contributed by atoms with Crippen molar-refractivity contribution in [2.24, 2.45) is 0 Å². The number of aliphatic hydroxyl groups excluding tert-OH is 1. The molecule has 21 heavy (non-hydrogen) atoms. The maximum atomic E-state index is 12.5. The highest BCUT2D eigenvalue weighted by Gasteiger charge is 2.28. The van der Waals surface area contributed by atoms with Gasteiger partial charge in [-0.25, -0.2) is 0 Å². The molecule has 0 saturated heterocycles. The van der Waals surface area contributed by atoms with Gasteiger partial charge in [-0.1, -0.05) is 31.0 Å². The van der Waals surface area contributed by atoms with Crippen LogP contribution < -0.4 is 0 Å². The monoisotopic (exact) mass is 287 g/mol. The van der Waals surface area contributed by atoms with Gasteiger partial charge in [0.15, 0.2) is 5.78 Å². The summed E-state index contributed by atoms with van der Waals surface area (Å²) in [6.07, 6.45) is 5.20. The van der Waals surface area contributed by atoms with Crippen molar-refractivity contribution in [3.63, 3.8) is 0 Å². The summed E-state index contributed by atoms with van der Waals surface area (Å²) in [7, 11) is 1.92. The molecular formula is C17H21NO3. The Morgan fingerprint density at radius 2 is 2.10 bits per heavy atom. The van der Waals surface area contributed by atoms with Gasteiger partial charge < -0.3 is 9.52 Å². The van der Waals surface area contributed by atoms with E-state index >= 15 is 0 Å². The number of rotatable bonds is 4. The van der Waals surface area contributed by atoms with Crippen molar-refractivity contribution in [1.82, 2.24) is 4.90 Å². The Morgan fingerprint density at radius 3 is 2.90 bits per heavy atom. The van der Waals surface area contributed by atoms with Crippen molar-refractivity contribution in [3.8, 4) is 0 Å². The predicted molar refractivity (Wildman–Crippen MR) is 81.4 cm³/mol. The maximum absolute atomic E-state index is 12.5. The average molecular weight is 287 g/mol. The Labute approximate surface area is 124 Å². The molecule has 4 heteroatoms. The minimum absolute atomic E-state index is 0.0419. The SMILES string of the molecule is CN(CC(=O)c1coc2ccccc12)C1CCCCC1O. The Morgan fingerprint density at radius 1 is 1.33 bits per heavy atom. The molecule has 3 rings (SSSR count). The molecule has 1 aromatic heterocycles. The molecule has 2 unspecified atom stereocenters. The Bertz CT molecular complexity index is 634. The fourth-order valence-electron chi connectivity index (χ4n) is 3.23. The lowest BCUT2D eigenvalue weighted by atomic mass is 9.91. The number of benzene rings is 1. The van der Waals surface area contributed by atoms with E-state index in [0.29, 0.717) is 12.1 Å². The van der Waals surface area contributed by atoms with E-state index in [2.05, 4.69) is 0 Å². The first-order chi connectivity index (χ1) is 10.2. The zero-order valence-electron chi connectivity index (χ0n) is 12.3. The number of furan rings is 1. The van der Waals surface area contributed by atoms with Crippen LogP contribution in [0.3, 0.4) is 0 Å². The molecule has 1 heterocycles. The molecule has 1 saturated carbocycles. The van der Waals surface area contributed by atoms with Gasteiger partial charge in [-0.15, -0.1) is 0 Å². The molecule has 0 spiro atoms. The Balaban J connectivity index is 1.73. The summed E-state index contributed by atoms with van der Waals surface area (Å²) in [5.41, 5.74) is 1.36. The van der Waals surface area contributed by atoms with E-state index in [1.165, 1.54) is 6.26 Å². The fraction of sp³-hybridized carbons (Fsp3) is 0.471. The van der Waals surface area contributed by atoms with E-state index in [4.69, 9.17) is 4.42 Å². The summed E-state index contributed by atoms with van der Waals surface area (Å²) in [4.78, 5) is 14.5. The van der Waals surface area contributed by atoms with Gasteiger partial charge in [0, 0.05) is 11.4 Å². The molecule has 1 aliphatic carbocycles. The third-order valence-electron chi connectivity index (χ3n) is 4.43. The standard InChI is InChI=1S/C17H21NO3/c1-18(14-7-3-4-8-15(14)19)10-16(20)13-11-21-17-9-5-2-6-12(13)17/h2,5-6,9,11,14-15,19H,3-4,7-8,10H2,1H3. The van der Waals surface area contributed by atoms with Gasteiger partial charge >= 0.3 is 0 Å². The number of Topliss-reactive ketones (excluding diaryl/α,β-unsaturated/α-hetero) is 1. The predicted octanol–water partition coefficient (Wildman–Crippen LogP) is 2.85. The van der Waals surface area contributed by atoms with Gasteiger partial charge in [0.2, 0.25) is 0 Å². The van der Waals surface area contributed by atoms with Gasteiger partial charge in [0.25, 0.3) is 0 Å². The molecule has 1 aromatic carbocycles. The highest BCUT2D eigenvalue weighted by molar-refractivity contribution is 6.08. The quantitative estimate of drug-likeness (QED) is 0.879. The topological polar surface area (TPSA) is 53.7 Å². The van der Waals surface area contributed by atoms with Crippen LogP contribution in [0.15, 0.2) is 34.9 Å². The maximum Gasteiger partial charge on any atom is 0.180 e. The van der Waals surface area contributed by atoms with Gasteiger partial charge in [-0.05, 0) is 26.0 Å². The zero-order chi connectivity index (χ0) is 14.8. The molecule has 1 N–H and O–H groups in total. The molecule has 1 fully saturated rings.